The van der Waals surface area contributed by atoms with Crippen LogP contribution < -0.4 is 0 Å². The summed E-state index contributed by atoms with van der Waals surface area (Å²) in [6.45, 7) is 0. The Balaban J connectivity index is 2.39. The topological polar surface area (TPSA) is 0 Å². The molecule has 2 aromatic rings. The van der Waals surface area contributed by atoms with E-state index in [-0.39, 0.29) is 11.1 Å². The Hall–Kier alpha value is -0.930. The Morgan fingerprint density at radius 3 is 2.24 bits per heavy atom. The van der Waals surface area contributed by atoms with Crippen molar-refractivity contribution in [2.75, 3.05) is 0 Å². The van der Waals surface area contributed by atoms with E-state index in [1.807, 2.05) is 0 Å². The van der Waals surface area contributed by atoms with Crippen LogP contribution in [0.2, 0.25) is 5.02 Å². The Morgan fingerprint density at radius 2 is 1.53 bits per heavy atom. The van der Waals surface area contributed by atoms with E-state index in [0.717, 1.165) is 4.47 Å². The van der Waals surface area contributed by atoms with Crippen LogP contribution in [0.25, 0.3) is 11.1 Å². The first kappa shape index (κ1) is 11.2. The molecule has 0 nitrogen and oxygen atoms in total. The number of rotatable bonds is 0. The molecular formula is C13H6BrClF2. The summed E-state index contributed by atoms with van der Waals surface area (Å²) >= 11 is 9.16. The lowest BCUT2D eigenvalue weighted by atomic mass is 10.1. The second kappa shape index (κ2) is 3.53. The van der Waals surface area contributed by atoms with Crippen LogP contribution in [0.15, 0.2) is 40.9 Å². The molecule has 0 heterocycles. The molecule has 0 unspecified atom stereocenters. The van der Waals surface area contributed by atoms with Gasteiger partial charge in [-0.3, -0.25) is 0 Å². The molecular weight excluding hydrogens is 309 g/mol. The van der Waals surface area contributed by atoms with Crippen LogP contribution >= 0.6 is 27.5 Å². The third kappa shape index (κ3) is 1.53. The number of fused-ring (bicyclic) bond motifs is 3. The summed E-state index contributed by atoms with van der Waals surface area (Å²) in [6.07, 6.45) is 0. The van der Waals surface area contributed by atoms with Crippen molar-refractivity contribution in [1.82, 2.24) is 0 Å². The Kier molecular flexibility index (Phi) is 2.32. The molecule has 2 aromatic carbocycles. The lowest BCUT2D eigenvalue weighted by Crippen LogP contribution is -2.10. The average molecular weight is 316 g/mol. The van der Waals surface area contributed by atoms with Gasteiger partial charge in [0.15, 0.2) is 0 Å². The van der Waals surface area contributed by atoms with Crippen LogP contribution in [0.3, 0.4) is 0 Å². The minimum atomic E-state index is -2.93. The smallest absolute Gasteiger partial charge is 0.196 e. The zero-order valence-electron chi connectivity index (χ0n) is 8.48. The SMILES string of the molecule is FC1(F)c2ccc(Cl)cc2-c2cc(Br)ccc21. The van der Waals surface area contributed by atoms with Gasteiger partial charge in [-0.2, -0.15) is 8.78 Å². The van der Waals surface area contributed by atoms with E-state index in [0.29, 0.717) is 16.1 Å². The van der Waals surface area contributed by atoms with E-state index in [9.17, 15) is 8.78 Å². The molecule has 86 valence electrons. The maximum absolute atomic E-state index is 14.1. The van der Waals surface area contributed by atoms with Gasteiger partial charge in [0.05, 0.1) is 0 Å². The fourth-order valence-corrected chi connectivity index (χ4v) is 2.70. The quantitative estimate of drug-likeness (QED) is 0.625. The van der Waals surface area contributed by atoms with Crippen LogP contribution in [-0.4, -0.2) is 0 Å². The predicted octanol–water partition coefficient (Wildman–Crippen LogP) is 5.22. The first-order chi connectivity index (χ1) is 8.00. The van der Waals surface area contributed by atoms with Crippen LogP contribution in [0, 0.1) is 0 Å². The van der Waals surface area contributed by atoms with Crippen molar-refractivity contribution in [3.63, 3.8) is 0 Å². The monoisotopic (exact) mass is 314 g/mol. The molecule has 17 heavy (non-hydrogen) atoms. The van der Waals surface area contributed by atoms with E-state index in [2.05, 4.69) is 15.9 Å². The van der Waals surface area contributed by atoms with Crippen molar-refractivity contribution in [2.24, 2.45) is 0 Å². The number of alkyl halides is 2. The molecule has 1 aliphatic carbocycles. The fourth-order valence-electron chi connectivity index (χ4n) is 2.17. The highest BCUT2D eigenvalue weighted by Gasteiger charge is 2.44. The van der Waals surface area contributed by atoms with Gasteiger partial charge in [0.2, 0.25) is 0 Å². The first-order valence-corrected chi connectivity index (χ1v) is 6.15. The van der Waals surface area contributed by atoms with Crippen molar-refractivity contribution in [3.05, 3.63) is 57.0 Å². The van der Waals surface area contributed by atoms with Crippen molar-refractivity contribution in [2.45, 2.75) is 5.92 Å². The molecule has 0 atom stereocenters. The predicted molar refractivity (Wildman–Crippen MR) is 67.6 cm³/mol. The van der Waals surface area contributed by atoms with Gasteiger partial charge in [-0.05, 0) is 35.4 Å². The number of hydrogen-bond donors (Lipinski definition) is 0. The van der Waals surface area contributed by atoms with Crippen molar-refractivity contribution in [1.29, 1.82) is 0 Å². The minimum absolute atomic E-state index is 0.0231. The van der Waals surface area contributed by atoms with E-state index in [1.165, 1.54) is 18.2 Å². The molecule has 0 fully saturated rings. The van der Waals surface area contributed by atoms with Crippen LogP contribution in [0.4, 0.5) is 8.78 Å². The molecule has 0 saturated carbocycles. The van der Waals surface area contributed by atoms with E-state index in [1.54, 1.807) is 18.2 Å². The minimum Gasteiger partial charge on any atom is -0.196 e. The van der Waals surface area contributed by atoms with Gasteiger partial charge < -0.3 is 0 Å². The lowest BCUT2D eigenvalue weighted by molar-refractivity contribution is 0.0480. The maximum Gasteiger partial charge on any atom is 0.299 e. The van der Waals surface area contributed by atoms with Gasteiger partial charge >= 0.3 is 0 Å². The molecule has 1 aliphatic rings. The molecule has 4 heteroatoms. The Morgan fingerprint density at radius 1 is 0.941 bits per heavy atom. The maximum atomic E-state index is 14.1. The molecule has 0 saturated heterocycles. The Labute approximate surface area is 110 Å². The van der Waals surface area contributed by atoms with Gasteiger partial charge in [0.1, 0.15) is 0 Å². The second-order valence-electron chi connectivity index (χ2n) is 3.95. The van der Waals surface area contributed by atoms with E-state index in [4.69, 9.17) is 11.6 Å². The zero-order chi connectivity index (χ0) is 12.2. The number of halogens is 4. The summed E-state index contributed by atoms with van der Waals surface area (Å²) < 4.78 is 29.0. The summed E-state index contributed by atoms with van der Waals surface area (Å²) in [5, 5.41) is 0.465. The molecule has 0 spiro atoms. The standard InChI is InChI=1S/C13H6BrClF2/c14-7-1-3-11-9(5-7)10-6-8(15)2-4-12(10)13(11,16)17/h1-6H. The molecule has 0 amide bonds. The summed E-state index contributed by atoms with van der Waals surface area (Å²) in [5.41, 5.74) is 1.12. The van der Waals surface area contributed by atoms with Gasteiger partial charge in [0.25, 0.3) is 5.92 Å². The summed E-state index contributed by atoms with van der Waals surface area (Å²) in [4.78, 5) is 0. The highest BCUT2D eigenvalue weighted by molar-refractivity contribution is 9.10. The van der Waals surface area contributed by atoms with Crippen molar-refractivity contribution < 1.29 is 8.78 Å². The number of hydrogen-bond acceptors (Lipinski definition) is 0. The van der Waals surface area contributed by atoms with Gasteiger partial charge in [-0.1, -0.05) is 39.7 Å². The van der Waals surface area contributed by atoms with E-state index >= 15 is 0 Å². The molecule has 0 N–H and O–H groups in total. The highest BCUT2D eigenvalue weighted by Crippen LogP contribution is 2.51. The average Bonchev–Trinajstić information content (AvgIpc) is 2.47. The molecule has 0 bridgehead atoms. The third-order valence-electron chi connectivity index (χ3n) is 2.93. The highest BCUT2D eigenvalue weighted by atomic mass is 79.9. The van der Waals surface area contributed by atoms with Crippen molar-refractivity contribution in [3.8, 4) is 11.1 Å². The van der Waals surface area contributed by atoms with Crippen molar-refractivity contribution >= 4 is 27.5 Å². The second-order valence-corrected chi connectivity index (χ2v) is 5.31. The van der Waals surface area contributed by atoms with Gasteiger partial charge in [-0.25, -0.2) is 0 Å². The largest absolute Gasteiger partial charge is 0.299 e. The van der Waals surface area contributed by atoms with Crippen LogP contribution in [-0.2, 0) is 5.92 Å². The molecule has 0 aliphatic heterocycles. The summed E-state index contributed by atoms with van der Waals surface area (Å²) in [6, 6.07) is 9.25. The molecule has 0 radical (unpaired) electrons. The molecule has 3 rings (SSSR count). The van der Waals surface area contributed by atoms with Gasteiger partial charge in [0, 0.05) is 20.6 Å². The summed E-state index contributed by atoms with van der Waals surface area (Å²) in [5.74, 6) is -2.93. The van der Waals surface area contributed by atoms with Crippen LogP contribution in [0.1, 0.15) is 11.1 Å². The summed E-state index contributed by atoms with van der Waals surface area (Å²) in [7, 11) is 0. The lowest BCUT2D eigenvalue weighted by Gasteiger charge is -2.11. The zero-order valence-corrected chi connectivity index (χ0v) is 10.8. The van der Waals surface area contributed by atoms with Crippen LogP contribution in [0.5, 0.6) is 0 Å². The number of benzene rings is 2. The van der Waals surface area contributed by atoms with E-state index < -0.39 is 5.92 Å². The fraction of sp³-hybridized carbons (Fsp3) is 0.0769. The van der Waals surface area contributed by atoms with Gasteiger partial charge in [-0.15, -0.1) is 0 Å². The normalized spacial score (nSPS) is 15.5. The molecule has 0 aromatic heterocycles. The Bertz CT molecular complexity index is 569. The third-order valence-corrected chi connectivity index (χ3v) is 3.66. The first-order valence-electron chi connectivity index (χ1n) is 4.98.